The van der Waals surface area contributed by atoms with Gasteiger partial charge in [0.15, 0.2) is 0 Å². The third-order valence-corrected chi connectivity index (χ3v) is 17.9. The van der Waals surface area contributed by atoms with Crippen molar-refractivity contribution in [1.82, 2.24) is 0 Å². The van der Waals surface area contributed by atoms with E-state index in [1.54, 1.807) is 0 Å². The molecular weight excluding hydrogens is 965 g/mol. The zero-order valence-electron chi connectivity index (χ0n) is 41.1. The molecule has 1 aliphatic carbocycles. The molecule has 0 radical (unpaired) electrons. The molecule has 0 fully saturated rings. The Hall–Kier alpha value is -9.20. The van der Waals surface area contributed by atoms with Gasteiger partial charge in [-0.3, -0.25) is 0 Å². The minimum absolute atomic E-state index is 0.843. The SMILES string of the molecule is c1ccc(-c2cccc(N(c3ccccc3)c3cc4c(s3)C3(c5ccccc5Oc5ccccc53)c3cc(N(c5ccccc5)c5cccc(-c6ccccc6)c5)sc3C43c4ccccc4Oc4ccccc43)c2)cc1. The third kappa shape index (κ3) is 6.67. The fourth-order valence-electron chi connectivity index (χ4n) is 12.3. The Morgan fingerprint density at radius 3 is 0.895 bits per heavy atom. The topological polar surface area (TPSA) is 24.9 Å². The van der Waals surface area contributed by atoms with Crippen LogP contribution < -0.4 is 19.3 Å². The summed E-state index contributed by atoms with van der Waals surface area (Å²) in [6.07, 6.45) is 0. The summed E-state index contributed by atoms with van der Waals surface area (Å²) < 4.78 is 14.1. The lowest BCUT2D eigenvalue weighted by Gasteiger charge is -2.50. The lowest BCUT2D eigenvalue weighted by molar-refractivity contribution is 0.418. The number of thiophene rings is 2. The van der Waals surface area contributed by atoms with Crippen molar-refractivity contribution in [3.05, 3.63) is 322 Å². The quantitative estimate of drug-likeness (QED) is 0.151. The molecule has 0 amide bonds. The molecule has 4 heterocycles. The van der Waals surface area contributed by atoms with Crippen molar-refractivity contribution in [2.24, 2.45) is 0 Å². The molecule has 0 saturated heterocycles. The summed E-state index contributed by atoms with van der Waals surface area (Å²) in [5.74, 6) is 3.37. The Morgan fingerprint density at radius 1 is 0.250 bits per heavy atom. The van der Waals surface area contributed by atoms with Crippen molar-refractivity contribution >= 4 is 55.4 Å². The molecule has 3 aliphatic rings. The summed E-state index contributed by atoms with van der Waals surface area (Å²) in [6.45, 7) is 0. The molecule has 2 aliphatic heterocycles. The molecule has 10 aromatic carbocycles. The summed E-state index contributed by atoms with van der Waals surface area (Å²) in [6, 6.07) is 101. The molecule has 4 nitrogen and oxygen atoms in total. The van der Waals surface area contributed by atoms with Crippen LogP contribution in [-0.4, -0.2) is 0 Å². The first kappa shape index (κ1) is 44.3. The molecule has 0 unspecified atom stereocenters. The van der Waals surface area contributed by atoms with Gasteiger partial charge >= 0.3 is 0 Å². The van der Waals surface area contributed by atoms with E-state index in [1.165, 1.54) is 32.0 Å². The smallest absolute Gasteiger partial charge is 0.132 e. The van der Waals surface area contributed by atoms with E-state index in [-0.39, 0.29) is 0 Å². The molecular formula is C70H46N2O2S2. The van der Waals surface area contributed by atoms with Crippen molar-refractivity contribution in [2.45, 2.75) is 10.8 Å². The summed E-state index contributed by atoms with van der Waals surface area (Å²) in [5, 5.41) is 2.20. The van der Waals surface area contributed by atoms with Gasteiger partial charge in [-0.1, -0.05) is 194 Å². The molecule has 6 heteroatoms. The Kier molecular flexibility index (Phi) is 10.3. The van der Waals surface area contributed by atoms with E-state index in [2.05, 4.69) is 289 Å². The minimum Gasteiger partial charge on any atom is -0.457 e. The van der Waals surface area contributed by atoms with Crippen LogP contribution in [0.1, 0.15) is 43.1 Å². The second kappa shape index (κ2) is 17.7. The Bertz CT molecular complexity index is 3740. The molecule has 15 rings (SSSR count). The van der Waals surface area contributed by atoms with Gasteiger partial charge in [0.05, 0.1) is 10.8 Å². The van der Waals surface area contributed by atoms with Crippen molar-refractivity contribution < 1.29 is 9.47 Å². The van der Waals surface area contributed by atoms with E-state index in [1.807, 2.05) is 22.7 Å². The first-order valence-electron chi connectivity index (χ1n) is 25.7. The maximum Gasteiger partial charge on any atom is 0.132 e. The minimum atomic E-state index is -0.844. The van der Waals surface area contributed by atoms with Gasteiger partial charge in [-0.15, -0.1) is 22.7 Å². The van der Waals surface area contributed by atoms with Crippen LogP contribution in [0.5, 0.6) is 23.0 Å². The highest BCUT2D eigenvalue weighted by atomic mass is 32.1. The molecule has 12 aromatic rings. The zero-order chi connectivity index (χ0) is 50.2. The number of benzene rings is 10. The van der Waals surface area contributed by atoms with Gasteiger partial charge in [0.1, 0.15) is 33.0 Å². The zero-order valence-corrected chi connectivity index (χ0v) is 42.7. The number of hydrogen-bond donors (Lipinski definition) is 0. The first-order chi connectivity index (χ1) is 37.7. The highest BCUT2D eigenvalue weighted by molar-refractivity contribution is 7.18. The predicted octanol–water partition coefficient (Wildman–Crippen LogP) is 19.4. The molecule has 0 N–H and O–H groups in total. The van der Waals surface area contributed by atoms with Gasteiger partial charge in [0, 0.05) is 54.8 Å². The van der Waals surface area contributed by atoms with Gasteiger partial charge in [-0.05, 0) is 118 Å². The normalized spacial score (nSPS) is 13.7. The largest absolute Gasteiger partial charge is 0.457 e. The van der Waals surface area contributed by atoms with Crippen LogP contribution in [0.2, 0.25) is 0 Å². The number of ether oxygens (including phenoxy) is 2. The highest BCUT2D eigenvalue weighted by Crippen LogP contribution is 2.71. The summed E-state index contributed by atoms with van der Waals surface area (Å²) >= 11 is 3.76. The van der Waals surface area contributed by atoms with Crippen LogP contribution in [0.15, 0.2) is 279 Å². The predicted molar refractivity (Wildman–Crippen MR) is 313 cm³/mol. The number of fused-ring (bicyclic) bond motifs is 14. The average Bonchev–Trinajstić information content (AvgIpc) is 4.25. The fourth-order valence-corrected chi connectivity index (χ4v) is 15.3. The molecule has 2 aromatic heterocycles. The van der Waals surface area contributed by atoms with E-state index in [9.17, 15) is 0 Å². The van der Waals surface area contributed by atoms with E-state index in [0.717, 1.165) is 89.1 Å². The number of nitrogens with zero attached hydrogens (tertiary/aromatic N) is 2. The maximum atomic E-state index is 7.05. The maximum absolute atomic E-state index is 7.05. The average molecular weight is 1010 g/mol. The van der Waals surface area contributed by atoms with Crippen molar-refractivity contribution in [3.63, 3.8) is 0 Å². The number of anilines is 6. The number of rotatable bonds is 8. The van der Waals surface area contributed by atoms with Gasteiger partial charge < -0.3 is 19.3 Å². The van der Waals surface area contributed by atoms with Crippen LogP contribution in [0.25, 0.3) is 22.3 Å². The summed E-state index contributed by atoms with van der Waals surface area (Å²) in [4.78, 5) is 7.38. The van der Waals surface area contributed by atoms with Gasteiger partial charge in [-0.25, -0.2) is 0 Å². The van der Waals surface area contributed by atoms with E-state index >= 15 is 0 Å². The monoisotopic (exact) mass is 1010 g/mol. The Balaban J connectivity index is 1.09. The Morgan fingerprint density at radius 2 is 0.539 bits per heavy atom. The van der Waals surface area contributed by atoms with Crippen LogP contribution in [0.3, 0.4) is 0 Å². The highest BCUT2D eigenvalue weighted by Gasteiger charge is 2.61. The standard InChI is InChI=1S/C70H46N2O2S2/c1-5-23-47(24-6-1)49-27-21-33-53(43-49)71(51-29-9-3-10-30-51)65-45-59-67(75-65)70(57-37-15-19-41-63(57)74-64-42-20-16-38-58(64)70)60-46-66(76-68(60)69(59)55-35-13-17-39-61(55)73-62-40-18-14-36-56(62)69)72(52-31-11-4-12-32-52)54-34-22-28-50(44-54)48-25-7-2-8-26-48/h1-46H. The van der Waals surface area contributed by atoms with Crippen molar-refractivity contribution in [1.29, 1.82) is 0 Å². The second-order valence-electron chi connectivity index (χ2n) is 19.5. The lowest BCUT2D eigenvalue weighted by Crippen LogP contribution is -2.45. The second-order valence-corrected chi connectivity index (χ2v) is 21.6. The number of para-hydroxylation sites is 6. The third-order valence-electron chi connectivity index (χ3n) is 15.4. The van der Waals surface area contributed by atoms with E-state index < -0.39 is 10.8 Å². The van der Waals surface area contributed by atoms with Crippen molar-refractivity contribution in [3.8, 4) is 45.3 Å². The lowest BCUT2D eigenvalue weighted by atomic mass is 9.54. The van der Waals surface area contributed by atoms with Crippen LogP contribution in [0, 0.1) is 0 Å². The van der Waals surface area contributed by atoms with Crippen LogP contribution in [0.4, 0.5) is 32.8 Å². The van der Waals surface area contributed by atoms with E-state index in [0.29, 0.717) is 0 Å². The molecule has 0 saturated carbocycles. The number of hydrogen-bond acceptors (Lipinski definition) is 6. The molecule has 2 spiro atoms. The first-order valence-corrected chi connectivity index (χ1v) is 27.4. The molecule has 76 heavy (non-hydrogen) atoms. The van der Waals surface area contributed by atoms with Crippen LogP contribution >= 0.6 is 22.7 Å². The Labute approximate surface area is 450 Å². The summed E-state index contributed by atoms with van der Waals surface area (Å²) in [7, 11) is 0. The van der Waals surface area contributed by atoms with Gasteiger partial charge in [0.2, 0.25) is 0 Å². The van der Waals surface area contributed by atoms with Crippen LogP contribution in [-0.2, 0) is 10.8 Å². The van der Waals surface area contributed by atoms with Gasteiger partial charge in [0.25, 0.3) is 0 Å². The molecule has 360 valence electrons. The molecule has 0 bridgehead atoms. The van der Waals surface area contributed by atoms with Gasteiger partial charge in [-0.2, -0.15) is 0 Å². The van der Waals surface area contributed by atoms with Crippen molar-refractivity contribution in [2.75, 3.05) is 9.80 Å². The molecule has 0 atom stereocenters. The summed E-state index contributed by atoms with van der Waals surface area (Å²) in [5.41, 5.74) is 14.1. The van der Waals surface area contributed by atoms with E-state index in [4.69, 9.17) is 9.47 Å². The fraction of sp³-hybridized carbons (Fsp3) is 0.0286.